The quantitative estimate of drug-likeness (QED) is 0.393. The molecule has 2 heterocycles. The van der Waals surface area contributed by atoms with Gasteiger partial charge in [-0.2, -0.15) is 4.98 Å². The fourth-order valence-corrected chi connectivity index (χ4v) is 3.81. The van der Waals surface area contributed by atoms with Crippen LogP contribution >= 0.6 is 0 Å². The first-order valence-electron chi connectivity index (χ1n) is 10.8. The van der Waals surface area contributed by atoms with Crippen molar-refractivity contribution in [2.75, 3.05) is 20.7 Å². The van der Waals surface area contributed by atoms with E-state index < -0.39 is 5.97 Å². The van der Waals surface area contributed by atoms with Gasteiger partial charge < -0.3 is 14.4 Å². The summed E-state index contributed by atoms with van der Waals surface area (Å²) in [5.41, 5.74) is 6.77. The Labute approximate surface area is 197 Å². The van der Waals surface area contributed by atoms with Gasteiger partial charge in [-0.1, -0.05) is 35.5 Å². The first-order valence-corrected chi connectivity index (χ1v) is 10.8. The Morgan fingerprint density at radius 1 is 1.09 bits per heavy atom. The molecular weight excluding hydrogens is 432 g/mol. The van der Waals surface area contributed by atoms with E-state index in [0.717, 1.165) is 27.9 Å². The van der Waals surface area contributed by atoms with E-state index in [1.165, 1.54) is 5.56 Å². The first kappa shape index (κ1) is 23.3. The molecule has 2 aromatic heterocycles. The molecular formula is C26H26N4O4. The molecule has 0 aliphatic carbocycles. The van der Waals surface area contributed by atoms with E-state index in [-0.39, 0.29) is 6.54 Å². The van der Waals surface area contributed by atoms with Crippen LogP contribution in [0.1, 0.15) is 16.8 Å². The van der Waals surface area contributed by atoms with Crippen LogP contribution < -0.4 is 0 Å². The van der Waals surface area contributed by atoms with E-state index in [1.54, 1.807) is 25.3 Å². The standard InChI is InChI=1S/C26H26N4O4/c1-17-6-4-5-7-22(17)23-11-9-18(12-20(23)16-33-3)26-28-25(29-34-26)19-8-10-21(27-13-19)14-30(2)15-24(31)32/h4-13H,14-16H2,1-3H3,(H,31,32). The van der Waals surface area contributed by atoms with Gasteiger partial charge in [0.05, 0.1) is 18.8 Å². The van der Waals surface area contributed by atoms with Crippen LogP contribution in [0.4, 0.5) is 0 Å². The van der Waals surface area contributed by atoms with Gasteiger partial charge in [0.2, 0.25) is 5.82 Å². The molecule has 174 valence electrons. The Morgan fingerprint density at radius 3 is 2.59 bits per heavy atom. The van der Waals surface area contributed by atoms with Crippen molar-refractivity contribution in [3.05, 3.63) is 77.6 Å². The molecule has 0 aliphatic rings. The van der Waals surface area contributed by atoms with Gasteiger partial charge in [0.25, 0.3) is 5.89 Å². The van der Waals surface area contributed by atoms with Gasteiger partial charge >= 0.3 is 5.97 Å². The average molecular weight is 459 g/mol. The van der Waals surface area contributed by atoms with Crippen LogP contribution in [0.25, 0.3) is 34.0 Å². The van der Waals surface area contributed by atoms with Gasteiger partial charge in [-0.25, -0.2) is 0 Å². The van der Waals surface area contributed by atoms with Crippen LogP contribution in [0.3, 0.4) is 0 Å². The maximum absolute atomic E-state index is 10.8. The molecule has 0 unspecified atom stereocenters. The van der Waals surface area contributed by atoms with Crippen LogP contribution in [0.5, 0.6) is 0 Å². The summed E-state index contributed by atoms with van der Waals surface area (Å²) in [6.45, 7) is 2.93. The number of carbonyl (C=O) groups is 1. The normalized spacial score (nSPS) is 11.2. The molecule has 4 aromatic rings. The van der Waals surface area contributed by atoms with Gasteiger partial charge in [-0.3, -0.25) is 14.7 Å². The van der Waals surface area contributed by atoms with Crippen molar-refractivity contribution in [2.45, 2.75) is 20.1 Å². The van der Waals surface area contributed by atoms with E-state index >= 15 is 0 Å². The lowest BCUT2D eigenvalue weighted by Crippen LogP contribution is -2.25. The molecule has 34 heavy (non-hydrogen) atoms. The molecule has 4 rings (SSSR count). The molecule has 0 saturated carbocycles. The molecule has 8 heteroatoms. The Morgan fingerprint density at radius 2 is 1.88 bits per heavy atom. The topological polar surface area (TPSA) is 102 Å². The molecule has 0 spiro atoms. The minimum Gasteiger partial charge on any atom is -0.480 e. The van der Waals surface area contributed by atoms with Gasteiger partial charge in [-0.05, 0) is 60.5 Å². The summed E-state index contributed by atoms with van der Waals surface area (Å²) in [5, 5.41) is 13.0. The first-order chi connectivity index (χ1) is 16.4. The predicted molar refractivity (Wildman–Crippen MR) is 128 cm³/mol. The molecule has 1 N–H and O–H groups in total. The van der Waals surface area contributed by atoms with Crippen LogP contribution in [0, 0.1) is 6.92 Å². The smallest absolute Gasteiger partial charge is 0.317 e. The van der Waals surface area contributed by atoms with Crippen molar-refractivity contribution in [1.29, 1.82) is 0 Å². The summed E-state index contributed by atoms with van der Waals surface area (Å²) in [7, 11) is 3.41. The second-order valence-corrected chi connectivity index (χ2v) is 8.15. The zero-order valence-electron chi connectivity index (χ0n) is 19.4. The van der Waals surface area contributed by atoms with Gasteiger partial charge in [0, 0.05) is 31.0 Å². The van der Waals surface area contributed by atoms with Crippen molar-refractivity contribution in [3.8, 4) is 34.0 Å². The largest absolute Gasteiger partial charge is 0.480 e. The van der Waals surface area contributed by atoms with Crippen molar-refractivity contribution in [3.63, 3.8) is 0 Å². The monoisotopic (exact) mass is 458 g/mol. The third kappa shape index (κ3) is 5.36. The van der Waals surface area contributed by atoms with Crippen LogP contribution in [0.2, 0.25) is 0 Å². The highest BCUT2D eigenvalue weighted by Crippen LogP contribution is 2.31. The lowest BCUT2D eigenvalue weighted by molar-refractivity contribution is -0.138. The third-order valence-corrected chi connectivity index (χ3v) is 5.43. The highest BCUT2D eigenvalue weighted by molar-refractivity contribution is 5.74. The molecule has 0 fully saturated rings. The number of hydrogen-bond donors (Lipinski definition) is 1. The zero-order chi connectivity index (χ0) is 24.1. The molecule has 8 nitrogen and oxygen atoms in total. The van der Waals surface area contributed by atoms with E-state index in [0.29, 0.717) is 30.4 Å². The SMILES string of the molecule is COCc1cc(-c2nc(-c3ccc(CN(C)CC(=O)O)nc3)no2)ccc1-c1ccccc1C. The number of nitrogens with zero attached hydrogens (tertiary/aromatic N) is 4. The number of aryl methyl sites for hydroxylation is 1. The molecule has 0 aliphatic heterocycles. The fraction of sp³-hybridized carbons (Fsp3) is 0.231. The third-order valence-electron chi connectivity index (χ3n) is 5.43. The highest BCUT2D eigenvalue weighted by atomic mass is 16.5. The summed E-state index contributed by atoms with van der Waals surface area (Å²) in [4.78, 5) is 21.5. The number of likely N-dealkylation sites (N-methyl/N-ethyl adjacent to an activating group) is 1. The molecule has 0 saturated heterocycles. The maximum Gasteiger partial charge on any atom is 0.317 e. The summed E-state index contributed by atoms with van der Waals surface area (Å²) >= 11 is 0. The number of methoxy groups -OCH3 is 1. The van der Waals surface area contributed by atoms with Crippen molar-refractivity contribution in [1.82, 2.24) is 20.0 Å². The summed E-state index contributed by atoms with van der Waals surface area (Å²) in [6.07, 6.45) is 1.66. The second-order valence-electron chi connectivity index (χ2n) is 8.15. The van der Waals surface area contributed by atoms with Crippen molar-refractivity contribution >= 4 is 5.97 Å². The van der Waals surface area contributed by atoms with Crippen LogP contribution in [0.15, 0.2) is 65.3 Å². The average Bonchev–Trinajstić information content (AvgIpc) is 3.30. The molecule has 0 radical (unpaired) electrons. The lowest BCUT2D eigenvalue weighted by Gasteiger charge is -2.13. The molecule has 0 amide bonds. The minimum atomic E-state index is -0.876. The number of pyridine rings is 1. The van der Waals surface area contributed by atoms with Gasteiger partial charge in [0.1, 0.15) is 0 Å². The van der Waals surface area contributed by atoms with E-state index in [9.17, 15) is 4.79 Å². The van der Waals surface area contributed by atoms with Crippen molar-refractivity contribution in [2.24, 2.45) is 0 Å². The number of carboxylic acids is 1. The molecule has 2 aromatic carbocycles. The van der Waals surface area contributed by atoms with Crippen LogP contribution in [-0.4, -0.2) is 51.8 Å². The Bertz CT molecular complexity index is 1280. The summed E-state index contributed by atoms with van der Waals surface area (Å²) in [5.74, 6) is -0.0304. The number of ether oxygens (including phenoxy) is 1. The Kier molecular flexibility index (Phi) is 7.10. The van der Waals surface area contributed by atoms with Gasteiger partial charge in [0.15, 0.2) is 0 Å². The molecule has 0 bridgehead atoms. The number of aromatic nitrogens is 3. The fourth-order valence-electron chi connectivity index (χ4n) is 3.81. The van der Waals surface area contributed by atoms with Crippen LogP contribution in [-0.2, 0) is 22.7 Å². The number of benzene rings is 2. The second kappa shape index (κ2) is 10.4. The maximum atomic E-state index is 10.8. The number of aliphatic carboxylic acids is 1. The van der Waals surface area contributed by atoms with E-state index in [1.807, 2.05) is 36.4 Å². The Hall–Kier alpha value is -3.88. The predicted octanol–water partition coefficient (Wildman–Crippen LogP) is 4.44. The number of rotatable bonds is 9. The highest BCUT2D eigenvalue weighted by Gasteiger charge is 2.15. The Balaban J connectivity index is 1.56. The molecule has 0 atom stereocenters. The zero-order valence-corrected chi connectivity index (χ0v) is 19.4. The van der Waals surface area contributed by atoms with Gasteiger partial charge in [-0.15, -0.1) is 0 Å². The summed E-state index contributed by atoms with van der Waals surface area (Å²) < 4.78 is 11.0. The number of hydrogen-bond acceptors (Lipinski definition) is 7. The summed E-state index contributed by atoms with van der Waals surface area (Å²) in [6, 6.07) is 18.0. The number of carboxylic acid groups (broad SMARTS) is 1. The van der Waals surface area contributed by atoms with E-state index in [2.05, 4.69) is 40.2 Å². The minimum absolute atomic E-state index is 0.0503. The lowest BCUT2D eigenvalue weighted by atomic mass is 9.94. The van der Waals surface area contributed by atoms with Crippen molar-refractivity contribution < 1.29 is 19.2 Å². The van der Waals surface area contributed by atoms with E-state index in [4.69, 9.17) is 14.4 Å².